The number of aryl methyl sites for hydroxylation is 8. The summed E-state index contributed by atoms with van der Waals surface area (Å²) in [5, 5.41) is 9.57. The van der Waals surface area contributed by atoms with Gasteiger partial charge in [-0.1, -0.05) is 283 Å². The minimum absolute atomic E-state index is 0.00872. The number of nitrogen functional groups attached to an aromatic ring is 4. The fourth-order valence-corrected chi connectivity index (χ4v) is 18.9. The Hall–Kier alpha value is -10.1. The van der Waals surface area contributed by atoms with Gasteiger partial charge in [0.05, 0.1) is 122 Å². The highest BCUT2D eigenvalue weighted by Crippen LogP contribution is 2.45. The molecule has 8 aromatic heterocycles. The van der Waals surface area contributed by atoms with Crippen molar-refractivity contribution in [1.29, 1.82) is 5.26 Å². The summed E-state index contributed by atoms with van der Waals surface area (Å²) in [6.45, 7) is 90.3. The number of fused-ring (bicyclic) bond motifs is 2. The molecule has 28 heteroatoms. The van der Waals surface area contributed by atoms with Gasteiger partial charge < -0.3 is 42.5 Å². The lowest BCUT2D eigenvalue weighted by Crippen LogP contribution is -2.30. The second-order valence-corrected chi connectivity index (χ2v) is 53.3. The molecule has 0 radical (unpaired) electrons. The van der Waals surface area contributed by atoms with Crippen LogP contribution in [0.25, 0.3) is 0 Å². The van der Waals surface area contributed by atoms with Crippen molar-refractivity contribution >= 4 is 51.1 Å². The van der Waals surface area contributed by atoms with Crippen LogP contribution in [0.1, 0.15) is 424 Å². The van der Waals surface area contributed by atoms with Crippen molar-refractivity contribution in [3.8, 4) is 18.4 Å². The minimum atomic E-state index is -0.293. The SMILES string of the molecule is C#CCc1nc2c(c(C(C)(C)C)n1)CC(C)(C)CC2.CC(C)(C)c1cc(N)ccc1C#N.CC1CC(C)(C)Cc2c1nc(N)nc2C(C)(C)C.CCc1nc(N)nc(C(C)(C)C)c1C.CCc1nc(N)nc(C(C)(C)C)c1C.Cc1ccc(Cc2c(C)nc(CN(C)C)nc2C(C)(C)C)cc1.Cc1nc(CN(C)C)nc(C(C)(C)C)c1Br.Cc1nc(CN(C)C)nc(C(C)(C)C)c1Cl.Cc1nc(CN(C)C)nc(C(C)(C)C)c1F. The Morgan fingerprint density at radius 2 is 0.799 bits per heavy atom. The Kier molecular flexibility index (Phi) is 47.0. The maximum absolute atomic E-state index is 13.9. The molecular weight excluding hydrogens is 1940 g/mol. The lowest BCUT2D eigenvalue weighted by molar-refractivity contribution is 0.280. The van der Waals surface area contributed by atoms with Crippen molar-refractivity contribution in [3.05, 3.63) is 228 Å². The summed E-state index contributed by atoms with van der Waals surface area (Å²) < 4.78 is 14.9. The molecule has 12 rings (SSSR count). The van der Waals surface area contributed by atoms with Gasteiger partial charge in [-0.3, -0.25) is 0 Å². The molecule has 2 aromatic carbocycles. The highest BCUT2D eigenvalue weighted by molar-refractivity contribution is 9.10. The maximum atomic E-state index is 13.9. The van der Waals surface area contributed by atoms with Crippen molar-refractivity contribution in [2.24, 2.45) is 10.8 Å². The van der Waals surface area contributed by atoms with Crippen molar-refractivity contribution < 1.29 is 4.39 Å². The maximum Gasteiger partial charge on any atom is 0.220 e. The Balaban J connectivity index is 0.000000351. The van der Waals surface area contributed by atoms with Crippen LogP contribution in [0.5, 0.6) is 0 Å². The largest absolute Gasteiger partial charge is 0.399 e. The predicted octanol–water partition coefficient (Wildman–Crippen LogP) is 25.8. The quantitative estimate of drug-likeness (QED) is 0.0615. The van der Waals surface area contributed by atoms with Gasteiger partial charge in [-0.25, -0.2) is 84.1 Å². The normalized spacial score (nSPS) is 14.0. The van der Waals surface area contributed by atoms with Crippen LogP contribution in [0.15, 0.2) is 46.9 Å². The molecule has 0 fully saturated rings. The lowest BCUT2D eigenvalue weighted by atomic mass is 9.69. The summed E-state index contributed by atoms with van der Waals surface area (Å²) in [4.78, 5) is 80.0. The number of nitriles is 1. The molecule has 1 unspecified atom stereocenters. The van der Waals surface area contributed by atoms with E-state index in [0.29, 0.717) is 81.0 Å². The van der Waals surface area contributed by atoms with Crippen molar-refractivity contribution in [3.63, 3.8) is 0 Å². The van der Waals surface area contributed by atoms with E-state index in [1.54, 1.807) is 19.1 Å². The lowest BCUT2D eigenvalue weighted by Gasteiger charge is -2.37. The molecule has 0 saturated heterocycles. The van der Waals surface area contributed by atoms with Gasteiger partial charge in [0.2, 0.25) is 17.8 Å². The first-order valence-electron chi connectivity index (χ1n) is 52.5. The third kappa shape index (κ3) is 41.1. The van der Waals surface area contributed by atoms with E-state index in [4.69, 9.17) is 61.2 Å². The van der Waals surface area contributed by atoms with Gasteiger partial charge in [0.15, 0.2) is 5.82 Å². The van der Waals surface area contributed by atoms with E-state index in [9.17, 15) is 4.39 Å². The average molecular weight is 2130 g/mol. The average Bonchev–Trinajstić information content (AvgIpc) is 0.817. The first-order chi connectivity index (χ1) is 67.8. The molecule has 2 aliphatic carbocycles. The van der Waals surface area contributed by atoms with Gasteiger partial charge in [0.1, 0.15) is 29.1 Å². The Morgan fingerprint density at radius 3 is 1.20 bits per heavy atom. The fraction of sp³-hybridized carbons (Fsp3) is 0.612. The molecule has 0 spiro atoms. The molecule has 820 valence electrons. The van der Waals surface area contributed by atoms with Gasteiger partial charge in [0.25, 0.3) is 0 Å². The second kappa shape index (κ2) is 53.4. The van der Waals surface area contributed by atoms with Crippen LogP contribution >= 0.6 is 27.5 Å². The molecule has 8 heterocycles. The minimum Gasteiger partial charge on any atom is -0.399 e. The van der Waals surface area contributed by atoms with Gasteiger partial charge in [0, 0.05) is 78.2 Å². The van der Waals surface area contributed by atoms with Crippen LogP contribution in [-0.2, 0) is 120 Å². The molecule has 149 heavy (non-hydrogen) atoms. The highest BCUT2D eigenvalue weighted by atomic mass is 79.9. The van der Waals surface area contributed by atoms with Crippen LogP contribution in [0, 0.1) is 88.8 Å². The Morgan fingerprint density at radius 1 is 0.430 bits per heavy atom. The summed E-state index contributed by atoms with van der Waals surface area (Å²) in [7, 11) is 16.0. The standard InChI is InChI=1S/C20H29N3.C17H24N2.C15H25N3.C12H20BrN3.C12H20ClN3.C12H20FN3.2C11H19N3.C11H14N2/c1-14-8-10-16(11-9-14)12-17-15(2)21-18(13-23(6)7)22-19(17)20(3,4)5;1-7-8-14-18-13-9-10-17(5,6)11-12(13)15(19-14)16(2,3)4;1-9-7-15(5,6)8-10-11(9)17-13(16)18-12(10)14(2,3)4;3*1-8-10(13)11(12(2,3)4)15-9(14-8)7-16(5)6;2*1-6-8-7(2)9(11(3,4)5)14-10(12)13-8;1-11(2,3)10-6-9(13)5-4-8(10)7-12/h8-11H,12-13H2,1-7H3;1H,8-11H2,2-6H3;9H,7-8H2,1-6H3,(H2,16,17,18);3*7H2,1-6H3;2*6H2,1-5H3,(H2,12,13,14);4-6H,13H2,1-3H3. The first-order valence-corrected chi connectivity index (χ1v) is 53.7. The van der Waals surface area contributed by atoms with E-state index in [0.717, 1.165) is 148 Å². The van der Waals surface area contributed by atoms with Crippen LogP contribution in [0.3, 0.4) is 0 Å². The number of nitrogens with two attached hydrogens (primary N) is 4. The number of benzene rings is 2. The predicted molar refractivity (Wildman–Crippen MR) is 626 cm³/mol. The third-order valence-electron chi connectivity index (χ3n) is 24.8. The van der Waals surface area contributed by atoms with E-state index in [-0.39, 0.29) is 54.6 Å². The number of terminal acetylenes is 1. The molecule has 0 amide bonds. The smallest absolute Gasteiger partial charge is 0.220 e. The number of hydrogen-bond acceptors (Lipinski definition) is 25. The van der Waals surface area contributed by atoms with Crippen LogP contribution < -0.4 is 22.9 Å². The number of anilines is 4. The van der Waals surface area contributed by atoms with Crippen molar-refractivity contribution in [2.45, 2.75) is 422 Å². The summed E-state index contributed by atoms with van der Waals surface area (Å²) in [5.41, 5.74) is 50.8. The van der Waals surface area contributed by atoms with Crippen LogP contribution in [0.4, 0.5) is 27.9 Å². The number of nitrogens with zero attached hydrogens (tertiary/aromatic N) is 21. The molecule has 0 saturated carbocycles. The van der Waals surface area contributed by atoms with Crippen molar-refractivity contribution in [2.75, 3.05) is 79.3 Å². The number of hydrogen-bond donors (Lipinski definition) is 4. The fourth-order valence-electron chi connectivity index (χ4n) is 17.7. The third-order valence-corrected chi connectivity index (χ3v) is 26.2. The molecule has 25 nitrogen and oxygen atoms in total. The van der Waals surface area contributed by atoms with E-state index in [1.807, 2.05) is 87.9 Å². The zero-order valence-electron chi connectivity index (χ0n) is 101. The molecule has 0 aliphatic heterocycles. The zero-order valence-corrected chi connectivity index (χ0v) is 104. The van der Waals surface area contributed by atoms with E-state index >= 15 is 0 Å². The zero-order chi connectivity index (χ0) is 115. The number of rotatable bonds is 13. The summed E-state index contributed by atoms with van der Waals surface area (Å²) in [6, 6.07) is 16.3. The number of halogens is 3. The molecule has 8 N–H and O–H groups in total. The van der Waals surface area contributed by atoms with Crippen LogP contribution in [0.2, 0.25) is 5.02 Å². The summed E-state index contributed by atoms with van der Waals surface area (Å²) in [5.74, 6) is 8.15. The molecule has 10 aromatic rings. The van der Waals surface area contributed by atoms with Gasteiger partial charge in [-0.2, -0.15) is 5.26 Å². The molecule has 2 aliphatic rings. The van der Waals surface area contributed by atoms with Crippen LogP contribution in [-0.4, -0.2) is 156 Å². The topological polar surface area (TPSA) is 347 Å². The molecule has 0 bridgehead atoms. The van der Waals surface area contributed by atoms with E-state index < -0.39 is 0 Å². The van der Waals surface area contributed by atoms with Crippen molar-refractivity contribution in [1.82, 2.24) is 99.3 Å². The van der Waals surface area contributed by atoms with Gasteiger partial charge in [-0.15, -0.1) is 6.42 Å². The monoisotopic (exact) mass is 2130 g/mol. The second-order valence-electron chi connectivity index (χ2n) is 52.1. The molecule has 1 atom stereocenters. The number of aromatic nitrogens is 16. The summed E-state index contributed by atoms with van der Waals surface area (Å²) in [6.07, 6.45) is 14.2. The Labute approximate surface area is 913 Å². The summed E-state index contributed by atoms with van der Waals surface area (Å²) >= 11 is 9.83. The van der Waals surface area contributed by atoms with Gasteiger partial charge >= 0.3 is 0 Å². The highest BCUT2D eigenvalue weighted by Gasteiger charge is 2.38. The van der Waals surface area contributed by atoms with E-state index in [1.165, 1.54) is 74.6 Å². The Bertz CT molecular complexity index is 5950. The van der Waals surface area contributed by atoms with Gasteiger partial charge in [-0.05, 0) is 245 Å². The van der Waals surface area contributed by atoms with E-state index in [2.05, 4.69) is 388 Å². The first kappa shape index (κ1) is 131. The molecular formula is C121H190BrClFN25.